The van der Waals surface area contributed by atoms with E-state index >= 15 is 0 Å². The normalized spacial score (nSPS) is 10.3. The Morgan fingerprint density at radius 1 is 0.885 bits per heavy atom. The first-order valence-corrected chi connectivity index (χ1v) is 9.03. The first-order chi connectivity index (χ1) is 12.6. The molecule has 0 unspecified atom stereocenters. The minimum Gasteiger partial charge on any atom is -0.372 e. The zero-order chi connectivity index (χ0) is 18.9. The number of carbonyl (C=O) groups is 2. The number of amides is 2. The van der Waals surface area contributed by atoms with Crippen molar-refractivity contribution in [1.82, 2.24) is 5.32 Å². The second kappa shape index (κ2) is 9.61. The van der Waals surface area contributed by atoms with Crippen LogP contribution in [0.1, 0.15) is 31.1 Å². The summed E-state index contributed by atoms with van der Waals surface area (Å²) >= 11 is 0. The largest absolute Gasteiger partial charge is 0.372 e. The molecule has 2 aromatic rings. The van der Waals surface area contributed by atoms with Crippen molar-refractivity contribution < 1.29 is 9.59 Å². The highest BCUT2D eigenvalue weighted by Gasteiger charge is 2.13. The number of hydrogen-bond acceptors (Lipinski definition) is 3. The summed E-state index contributed by atoms with van der Waals surface area (Å²) in [6, 6.07) is 17.0. The van der Waals surface area contributed by atoms with Crippen LogP contribution in [0.2, 0.25) is 0 Å². The highest BCUT2D eigenvalue weighted by molar-refractivity contribution is 5.94. The number of carbonyl (C=O) groups excluding carboxylic acids is 2. The van der Waals surface area contributed by atoms with E-state index < -0.39 is 0 Å². The summed E-state index contributed by atoms with van der Waals surface area (Å²) in [6.07, 6.45) is 0. The molecule has 0 heterocycles. The van der Waals surface area contributed by atoms with Gasteiger partial charge >= 0.3 is 0 Å². The molecule has 0 aliphatic rings. The molecule has 1 N–H and O–H groups in total. The Labute approximate surface area is 155 Å². The summed E-state index contributed by atoms with van der Waals surface area (Å²) in [5, 5.41) is 2.86. The van der Waals surface area contributed by atoms with Gasteiger partial charge in [0, 0.05) is 50.0 Å². The van der Waals surface area contributed by atoms with Crippen molar-refractivity contribution in [2.45, 2.75) is 20.8 Å². The zero-order valence-electron chi connectivity index (χ0n) is 15.7. The van der Waals surface area contributed by atoms with Crippen LogP contribution in [0.15, 0.2) is 54.6 Å². The minimum absolute atomic E-state index is 0.0467. The number of rotatable bonds is 8. The molecule has 2 rings (SSSR count). The number of anilines is 2. The molecule has 0 fully saturated rings. The lowest BCUT2D eigenvalue weighted by Crippen LogP contribution is -2.37. The maximum Gasteiger partial charge on any atom is 0.251 e. The maximum absolute atomic E-state index is 12.1. The summed E-state index contributed by atoms with van der Waals surface area (Å²) in [5.41, 5.74) is 2.59. The Kier molecular flexibility index (Phi) is 7.21. The van der Waals surface area contributed by atoms with Gasteiger partial charge in [0.05, 0.1) is 0 Å². The molecule has 0 aliphatic heterocycles. The van der Waals surface area contributed by atoms with Gasteiger partial charge in [-0.3, -0.25) is 9.59 Å². The maximum atomic E-state index is 12.1. The van der Waals surface area contributed by atoms with Gasteiger partial charge in [-0.15, -0.1) is 0 Å². The SMILES string of the molecule is CCN(CC)c1ccc(N(CCNC(=O)c2ccccc2)C(C)=O)cc1. The van der Waals surface area contributed by atoms with Crippen molar-refractivity contribution in [2.24, 2.45) is 0 Å². The van der Waals surface area contributed by atoms with E-state index in [9.17, 15) is 9.59 Å². The van der Waals surface area contributed by atoms with Crippen LogP contribution < -0.4 is 15.1 Å². The van der Waals surface area contributed by atoms with Crippen LogP contribution in [0.3, 0.4) is 0 Å². The van der Waals surface area contributed by atoms with Gasteiger partial charge in [0.1, 0.15) is 0 Å². The quantitative estimate of drug-likeness (QED) is 0.792. The van der Waals surface area contributed by atoms with E-state index in [0.29, 0.717) is 18.7 Å². The first kappa shape index (κ1) is 19.5. The van der Waals surface area contributed by atoms with Crippen LogP contribution in [-0.2, 0) is 4.79 Å². The third-order valence-corrected chi connectivity index (χ3v) is 4.33. The third-order valence-electron chi connectivity index (χ3n) is 4.33. The smallest absolute Gasteiger partial charge is 0.251 e. The predicted octanol–water partition coefficient (Wildman–Crippen LogP) is 3.32. The summed E-state index contributed by atoms with van der Waals surface area (Å²) in [5.74, 6) is -0.180. The minimum atomic E-state index is -0.133. The van der Waals surface area contributed by atoms with E-state index in [1.807, 2.05) is 42.5 Å². The van der Waals surface area contributed by atoms with Crippen LogP contribution in [0, 0.1) is 0 Å². The van der Waals surface area contributed by atoms with Gasteiger partial charge in [-0.05, 0) is 50.2 Å². The Morgan fingerprint density at radius 2 is 1.46 bits per heavy atom. The second-order valence-corrected chi connectivity index (χ2v) is 5.98. The molecule has 2 amide bonds. The predicted molar refractivity (Wildman–Crippen MR) is 107 cm³/mol. The third kappa shape index (κ3) is 5.09. The average Bonchev–Trinajstić information content (AvgIpc) is 2.67. The highest BCUT2D eigenvalue weighted by Crippen LogP contribution is 2.20. The molecule has 0 spiro atoms. The fourth-order valence-electron chi connectivity index (χ4n) is 2.87. The van der Waals surface area contributed by atoms with Crippen LogP contribution in [0.25, 0.3) is 0 Å². The fraction of sp³-hybridized carbons (Fsp3) is 0.333. The van der Waals surface area contributed by atoms with E-state index in [1.165, 1.54) is 6.92 Å². The van der Waals surface area contributed by atoms with E-state index in [2.05, 4.69) is 24.1 Å². The average molecular weight is 353 g/mol. The standard InChI is InChI=1S/C21H27N3O2/c1-4-23(5-2)19-11-13-20(14-12-19)24(17(3)25)16-15-22-21(26)18-9-7-6-8-10-18/h6-14H,4-5,15-16H2,1-3H3,(H,22,26). The molecule has 5 nitrogen and oxygen atoms in total. The Bertz CT molecular complexity index is 710. The van der Waals surface area contributed by atoms with Gasteiger partial charge in [0.25, 0.3) is 5.91 Å². The van der Waals surface area contributed by atoms with E-state index in [-0.39, 0.29) is 11.8 Å². The molecule has 0 saturated carbocycles. The molecule has 0 saturated heterocycles. The highest BCUT2D eigenvalue weighted by atomic mass is 16.2. The van der Waals surface area contributed by atoms with Crippen molar-refractivity contribution in [3.05, 3.63) is 60.2 Å². The lowest BCUT2D eigenvalue weighted by atomic mass is 10.2. The molecule has 0 aliphatic carbocycles. The van der Waals surface area contributed by atoms with Crippen LogP contribution in [-0.4, -0.2) is 38.0 Å². The van der Waals surface area contributed by atoms with Crippen molar-refractivity contribution in [3.63, 3.8) is 0 Å². The van der Waals surface area contributed by atoms with Gasteiger partial charge < -0.3 is 15.1 Å². The Morgan fingerprint density at radius 3 is 2.00 bits per heavy atom. The van der Waals surface area contributed by atoms with Crippen molar-refractivity contribution >= 4 is 23.2 Å². The summed E-state index contributed by atoms with van der Waals surface area (Å²) in [7, 11) is 0. The van der Waals surface area contributed by atoms with Gasteiger partial charge in [0.2, 0.25) is 5.91 Å². The van der Waals surface area contributed by atoms with Gasteiger partial charge in [-0.25, -0.2) is 0 Å². The van der Waals surface area contributed by atoms with Crippen molar-refractivity contribution in [2.75, 3.05) is 36.0 Å². The number of benzene rings is 2. The number of nitrogens with zero attached hydrogens (tertiary/aromatic N) is 2. The lowest BCUT2D eigenvalue weighted by molar-refractivity contribution is -0.116. The number of hydrogen-bond donors (Lipinski definition) is 1. The van der Waals surface area contributed by atoms with Crippen LogP contribution in [0.5, 0.6) is 0 Å². The monoisotopic (exact) mass is 353 g/mol. The van der Waals surface area contributed by atoms with Gasteiger partial charge in [0.15, 0.2) is 0 Å². The molecule has 5 heteroatoms. The first-order valence-electron chi connectivity index (χ1n) is 9.03. The Hall–Kier alpha value is -2.82. The molecule has 26 heavy (non-hydrogen) atoms. The summed E-state index contributed by atoms with van der Waals surface area (Å²) in [4.78, 5) is 28.1. The molecule has 0 aromatic heterocycles. The van der Waals surface area contributed by atoms with Crippen molar-refractivity contribution in [3.8, 4) is 0 Å². The van der Waals surface area contributed by atoms with Gasteiger partial charge in [-0.1, -0.05) is 18.2 Å². The molecule has 138 valence electrons. The Balaban J connectivity index is 1.98. The molecule has 0 atom stereocenters. The topological polar surface area (TPSA) is 52.6 Å². The zero-order valence-corrected chi connectivity index (χ0v) is 15.7. The van der Waals surface area contributed by atoms with Crippen molar-refractivity contribution in [1.29, 1.82) is 0 Å². The lowest BCUT2D eigenvalue weighted by Gasteiger charge is -2.24. The number of nitrogens with one attached hydrogen (secondary N) is 1. The molecule has 0 radical (unpaired) electrons. The summed E-state index contributed by atoms with van der Waals surface area (Å²) < 4.78 is 0. The second-order valence-electron chi connectivity index (χ2n) is 5.98. The van der Waals surface area contributed by atoms with Crippen LogP contribution in [0.4, 0.5) is 11.4 Å². The van der Waals surface area contributed by atoms with Gasteiger partial charge in [-0.2, -0.15) is 0 Å². The molecule has 0 bridgehead atoms. The van der Waals surface area contributed by atoms with Crippen LogP contribution >= 0.6 is 0 Å². The molecular formula is C21H27N3O2. The summed E-state index contributed by atoms with van der Waals surface area (Å²) in [6.45, 7) is 8.49. The van der Waals surface area contributed by atoms with E-state index in [0.717, 1.165) is 24.5 Å². The molecular weight excluding hydrogens is 326 g/mol. The van der Waals surface area contributed by atoms with E-state index in [1.54, 1.807) is 17.0 Å². The van der Waals surface area contributed by atoms with E-state index in [4.69, 9.17) is 0 Å². The fourth-order valence-corrected chi connectivity index (χ4v) is 2.87. The molecule has 2 aromatic carbocycles.